The Labute approximate surface area is 250 Å². The zero-order chi connectivity index (χ0) is 30.2. The number of anilines is 2. The molecule has 42 heavy (non-hydrogen) atoms. The van der Waals surface area contributed by atoms with Crippen LogP contribution in [0, 0.1) is 12.8 Å². The summed E-state index contributed by atoms with van der Waals surface area (Å²) in [4.78, 5) is 39.5. The molecule has 224 valence electrons. The van der Waals surface area contributed by atoms with Crippen molar-refractivity contribution in [3.8, 4) is 10.4 Å². The average molecular weight is 612 g/mol. The number of benzene rings is 1. The number of nitrogens with one attached hydrogen (secondary N) is 3. The lowest BCUT2D eigenvalue weighted by Crippen LogP contribution is -2.35. The van der Waals surface area contributed by atoms with Gasteiger partial charge in [-0.25, -0.2) is 23.1 Å². The number of carbonyl (C=O) groups excluding carboxylic acids is 2. The summed E-state index contributed by atoms with van der Waals surface area (Å²) in [6.07, 6.45) is 4.56. The first kappa shape index (κ1) is 30.1. The zero-order valence-corrected chi connectivity index (χ0v) is 26.2. The maximum atomic E-state index is 13.4. The number of rotatable bonds is 12. The number of nitrogens with zero attached hydrogens (tertiary/aromatic N) is 4. The molecule has 0 spiro atoms. The summed E-state index contributed by atoms with van der Waals surface area (Å²) in [6, 6.07) is 6.98. The molecule has 3 aromatic rings. The van der Waals surface area contributed by atoms with Crippen molar-refractivity contribution in [1.82, 2.24) is 29.8 Å². The van der Waals surface area contributed by atoms with Crippen LogP contribution in [-0.4, -0.2) is 80.3 Å². The molecule has 1 aromatic carbocycles. The lowest BCUT2D eigenvalue weighted by molar-refractivity contribution is 0.0694. The van der Waals surface area contributed by atoms with Gasteiger partial charge in [0.25, 0.3) is 11.8 Å². The smallest absolute Gasteiger partial charge is 0.256 e. The summed E-state index contributed by atoms with van der Waals surface area (Å²) in [5.74, 6) is 0.592. The SMILES string of the molecule is CNS(=O)(=O)c1cc(-c2sc(Nc3ccc(C(=O)NCCCN(C)C)cn3)nc2C)cc2c1C(=O)N([C@@H](C)C1CC1)C2. The van der Waals surface area contributed by atoms with Gasteiger partial charge in [-0.15, -0.1) is 0 Å². The van der Waals surface area contributed by atoms with Gasteiger partial charge in [-0.05, 0) is 102 Å². The van der Waals surface area contributed by atoms with Gasteiger partial charge < -0.3 is 20.4 Å². The van der Waals surface area contributed by atoms with E-state index < -0.39 is 10.0 Å². The molecule has 0 radical (unpaired) electrons. The highest BCUT2D eigenvalue weighted by Crippen LogP contribution is 2.42. The summed E-state index contributed by atoms with van der Waals surface area (Å²) in [5, 5.41) is 6.67. The molecule has 0 bridgehead atoms. The highest BCUT2D eigenvalue weighted by Gasteiger charge is 2.41. The molecule has 3 N–H and O–H groups in total. The van der Waals surface area contributed by atoms with Crippen molar-refractivity contribution < 1.29 is 18.0 Å². The number of hydrogen-bond acceptors (Lipinski definition) is 9. The fraction of sp³-hybridized carbons (Fsp3) is 0.448. The summed E-state index contributed by atoms with van der Waals surface area (Å²) in [5.41, 5.74) is 2.84. The molecular formula is C29H37N7O4S2. The normalized spacial score (nSPS) is 15.7. The maximum Gasteiger partial charge on any atom is 0.256 e. The number of aromatic nitrogens is 2. The fourth-order valence-electron chi connectivity index (χ4n) is 5.18. The summed E-state index contributed by atoms with van der Waals surface area (Å²) < 4.78 is 28.5. The third-order valence-corrected chi connectivity index (χ3v) is 10.3. The molecule has 1 atom stereocenters. The van der Waals surface area contributed by atoms with Crippen molar-refractivity contribution in [3.63, 3.8) is 0 Å². The third kappa shape index (κ3) is 6.33. The van der Waals surface area contributed by atoms with Gasteiger partial charge in [-0.3, -0.25) is 9.59 Å². The summed E-state index contributed by atoms with van der Waals surface area (Å²) >= 11 is 1.37. The highest BCUT2D eigenvalue weighted by atomic mass is 32.2. The van der Waals surface area contributed by atoms with Crippen LogP contribution in [-0.2, 0) is 16.6 Å². The predicted molar refractivity (Wildman–Crippen MR) is 164 cm³/mol. The van der Waals surface area contributed by atoms with E-state index in [1.807, 2.05) is 34.0 Å². The molecule has 0 saturated heterocycles. The fourth-order valence-corrected chi connectivity index (χ4v) is 7.13. The van der Waals surface area contributed by atoms with Crippen LogP contribution in [0.15, 0.2) is 35.4 Å². The van der Waals surface area contributed by atoms with Crippen LogP contribution in [0.25, 0.3) is 10.4 Å². The lowest BCUT2D eigenvalue weighted by atomic mass is 10.0. The number of hydrogen-bond donors (Lipinski definition) is 3. The van der Waals surface area contributed by atoms with Gasteiger partial charge in [0.2, 0.25) is 10.0 Å². The number of sulfonamides is 1. The Kier molecular flexibility index (Phi) is 8.65. The van der Waals surface area contributed by atoms with E-state index in [4.69, 9.17) is 0 Å². The molecule has 1 aliphatic carbocycles. The summed E-state index contributed by atoms with van der Waals surface area (Å²) in [6.45, 7) is 5.77. The Balaban J connectivity index is 1.36. The van der Waals surface area contributed by atoms with E-state index in [2.05, 4.69) is 30.2 Å². The van der Waals surface area contributed by atoms with Crippen molar-refractivity contribution in [2.75, 3.05) is 39.5 Å². The standard InChI is InChI=1S/C29H37N7O4S2/c1-17-26(41-29(33-17)34-24-10-9-20(15-32-24)27(37)31-11-6-12-35(4)5)21-13-22-16-36(18(2)19-7-8-19)28(38)25(22)23(14-21)42(39,40)30-3/h9-10,13-15,18-19,30H,6-8,11-12,16H2,1-5H3,(H,31,37)(H,32,33,34)/t18-/m0/s1. The molecule has 5 rings (SSSR count). The molecule has 2 aromatic heterocycles. The monoisotopic (exact) mass is 611 g/mol. The number of amides is 2. The van der Waals surface area contributed by atoms with E-state index in [-0.39, 0.29) is 28.3 Å². The second kappa shape index (κ2) is 12.1. The Bertz CT molecular complexity index is 1600. The first-order chi connectivity index (χ1) is 20.0. The number of thiazole rings is 1. The van der Waals surface area contributed by atoms with Crippen LogP contribution in [0.1, 0.15) is 58.2 Å². The van der Waals surface area contributed by atoms with Gasteiger partial charge in [-0.2, -0.15) is 0 Å². The predicted octanol–water partition coefficient (Wildman–Crippen LogP) is 3.60. The van der Waals surface area contributed by atoms with Crippen LogP contribution in [0.3, 0.4) is 0 Å². The van der Waals surface area contributed by atoms with E-state index in [0.717, 1.165) is 36.4 Å². The molecule has 1 saturated carbocycles. The molecule has 0 unspecified atom stereocenters. The molecule has 3 heterocycles. The highest BCUT2D eigenvalue weighted by molar-refractivity contribution is 7.89. The number of carbonyl (C=O) groups is 2. The molecule has 1 fully saturated rings. The van der Waals surface area contributed by atoms with E-state index in [1.165, 1.54) is 24.6 Å². The third-order valence-electron chi connectivity index (χ3n) is 7.74. The topological polar surface area (TPSA) is 137 Å². The van der Waals surface area contributed by atoms with E-state index in [1.54, 1.807) is 23.1 Å². The van der Waals surface area contributed by atoms with Crippen molar-refractivity contribution in [1.29, 1.82) is 0 Å². The molecule has 11 nitrogen and oxygen atoms in total. The Hall–Kier alpha value is -3.39. The van der Waals surface area contributed by atoms with Gasteiger partial charge in [0, 0.05) is 25.3 Å². The van der Waals surface area contributed by atoms with Gasteiger partial charge in [0.15, 0.2) is 5.13 Å². The quantitative estimate of drug-likeness (QED) is 0.264. The Morgan fingerprint density at radius 1 is 1.24 bits per heavy atom. The van der Waals surface area contributed by atoms with Crippen LogP contribution >= 0.6 is 11.3 Å². The molecular weight excluding hydrogens is 574 g/mol. The first-order valence-electron chi connectivity index (χ1n) is 14.0. The minimum Gasteiger partial charge on any atom is -0.352 e. The van der Waals surface area contributed by atoms with Crippen molar-refractivity contribution in [2.45, 2.75) is 50.6 Å². The first-order valence-corrected chi connectivity index (χ1v) is 16.3. The zero-order valence-electron chi connectivity index (χ0n) is 24.5. The van der Waals surface area contributed by atoms with E-state index in [9.17, 15) is 18.0 Å². The van der Waals surface area contributed by atoms with E-state index >= 15 is 0 Å². The van der Waals surface area contributed by atoms with E-state index in [0.29, 0.717) is 46.6 Å². The van der Waals surface area contributed by atoms with Crippen molar-refractivity contribution in [2.24, 2.45) is 5.92 Å². The minimum atomic E-state index is -3.89. The maximum absolute atomic E-state index is 13.4. The number of fused-ring (bicyclic) bond motifs is 1. The molecule has 2 amide bonds. The van der Waals surface area contributed by atoms with Gasteiger partial charge >= 0.3 is 0 Å². The van der Waals surface area contributed by atoms with Gasteiger partial charge in [-0.1, -0.05) is 11.3 Å². The van der Waals surface area contributed by atoms with Crippen LogP contribution in [0.2, 0.25) is 0 Å². The van der Waals surface area contributed by atoms with Crippen LogP contribution < -0.4 is 15.4 Å². The van der Waals surface area contributed by atoms with Crippen LogP contribution in [0.5, 0.6) is 0 Å². The Morgan fingerprint density at radius 3 is 2.64 bits per heavy atom. The minimum absolute atomic E-state index is 0.00690. The second-order valence-electron chi connectivity index (χ2n) is 11.1. The van der Waals surface area contributed by atoms with Crippen molar-refractivity contribution >= 4 is 44.1 Å². The Morgan fingerprint density at radius 2 is 2.00 bits per heavy atom. The van der Waals surface area contributed by atoms with Crippen molar-refractivity contribution in [3.05, 3.63) is 52.8 Å². The lowest BCUT2D eigenvalue weighted by Gasteiger charge is -2.24. The second-order valence-corrected chi connectivity index (χ2v) is 14.0. The van der Waals surface area contributed by atoms with Gasteiger partial charge in [0.05, 0.1) is 26.6 Å². The van der Waals surface area contributed by atoms with Gasteiger partial charge in [0.1, 0.15) is 5.82 Å². The molecule has 13 heteroatoms. The largest absolute Gasteiger partial charge is 0.352 e. The van der Waals surface area contributed by atoms with Crippen LogP contribution in [0.4, 0.5) is 10.9 Å². The average Bonchev–Trinajstić information content (AvgIpc) is 3.68. The summed E-state index contributed by atoms with van der Waals surface area (Å²) in [7, 11) is 1.45. The number of aryl methyl sites for hydroxylation is 1. The number of pyridine rings is 1. The molecule has 1 aliphatic heterocycles. The molecule has 2 aliphatic rings.